The van der Waals surface area contributed by atoms with E-state index in [1.54, 1.807) is 0 Å². The first-order valence-corrected chi connectivity index (χ1v) is 7.25. The Morgan fingerprint density at radius 3 is 2.63 bits per heavy atom. The average molecular weight is 263 g/mol. The van der Waals surface area contributed by atoms with Crippen molar-refractivity contribution in [3.8, 4) is 5.75 Å². The van der Waals surface area contributed by atoms with Gasteiger partial charge in [-0.15, -0.1) is 0 Å². The molecule has 19 heavy (non-hydrogen) atoms. The lowest BCUT2D eigenvalue weighted by molar-refractivity contribution is 0.0901. The Bertz CT molecular complexity index is 388. The molecule has 1 fully saturated rings. The van der Waals surface area contributed by atoms with Crippen LogP contribution < -0.4 is 10.5 Å². The van der Waals surface area contributed by atoms with Gasteiger partial charge in [-0.1, -0.05) is 12.1 Å². The highest BCUT2D eigenvalue weighted by atomic mass is 16.5. The van der Waals surface area contributed by atoms with Crippen LogP contribution in [-0.2, 0) is 11.2 Å². The average Bonchev–Trinajstić information content (AvgIpc) is 2.86. The van der Waals surface area contributed by atoms with Gasteiger partial charge in [-0.3, -0.25) is 0 Å². The summed E-state index contributed by atoms with van der Waals surface area (Å²) in [6.07, 6.45) is 4.69. The summed E-state index contributed by atoms with van der Waals surface area (Å²) in [5.74, 6) is 1.03. The molecule has 3 heteroatoms. The summed E-state index contributed by atoms with van der Waals surface area (Å²) in [7, 11) is 0. The molecule has 1 aromatic rings. The van der Waals surface area contributed by atoms with E-state index in [-0.39, 0.29) is 0 Å². The van der Waals surface area contributed by atoms with Crippen molar-refractivity contribution in [2.75, 3.05) is 19.8 Å². The van der Waals surface area contributed by atoms with E-state index < -0.39 is 0 Å². The number of hydrogen-bond acceptors (Lipinski definition) is 3. The van der Waals surface area contributed by atoms with E-state index in [2.05, 4.69) is 26.0 Å². The molecule has 1 aromatic carbocycles. The number of rotatable bonds is 6. The molecule has 2 N–H and O–H groups in total. The highest BCUT2D eigenvalue weighted by molar-refractivity contribution is 5.43. The van der Waals surface area contributed by atoms with Crippen LogP contribution in [0.1, 0.15) is 36.0 Å². The summed E-state index contributed by atoms with van der Waals surface area (Å²) in [6, 6.07) is 4.36. The van der Waals surface area contributed by atoms with E-state index >= 15 is 0 Å². The molecule has 1 atom stereocenters. The SMILES string of the molecule is Cc1cc(CCN)cc(C)c1OCCC1CCCO1. The molecule has 1 aliphatic rings. The Morgan fingerprint density at radius 1 is 1.32 bits per heavy atom. The van der Waals surface area contributed by atoms with E-state index in [4.69, 9.17) is 15.2 Å². The molecule has 1 saturated heterocycles. The lowest BCUT2D eigenvalue weighted by Gasteiger charge is -2.15. The molecule has 2 rings (SSSR count). The van der Waals surface area contributed by atoms with Crippen LogP contribution in [-0.4, -0.2) is 25.9 Å². The van der Waals surface area contributed by atoms with Crippen LogP contribution in [0.3, 0.4) is 0 Å². The highest BCUT2D eigenvalue weighted by Crippen LogP contribution is 2.26. The van der Waals surface area contributed by atoms with Crippen molar-refractivity contribution in [3.05, 3.63) is 28.8 Å². The molecule has 106 valence electrons. The van der Waals surface area contributed by atoms with Crippen molar-refractivity contribution < 1.29 is 9.47 Å². The maximum Gasteiger partial charge on any atom is 0.125 e. The van der Waals surface area contributed by atoms with E-state index in [1.807, 2.05) is 0 Å². The van der Waals surface area contributed by atoms with Crippen molar-refractivity contribution >= 4 is 0 Å². The van der Waals surface area contributed by atoms with Gasteiger partial charge in [0.25, 0.3) is 0 Å². The summed E-state index contributed by atoms with van der Waals surface area (Å²) in [4.78, 5) is 0. The van der Waals surface area contributed by atoms with Crippen LogP contribution >= 0.6 is 0 Å². The fourth-order valence-electron chi connectivity index (χ4n) is 2.74. The molecular weight excluding hydrogens is 238 g/mol. The second kappa shape index (κ2) is 6.92. The molecule has 0 aliphatic carbocycles. The van der Waals surface area contributed by atoms with E-state index in [0.717, 1.165) is 31.8 Å². The third-order valence-electron chi connectivity index (χ3n) is 3.66. The molecule has 0 radical (unpaired) electrons. The van der Waals surface area contributed by atoms with Gasteiger partial charge in [-0.2, -0.15) is 0 Å². The van der Waals surface area contributed by atoms with E-state index in [9.17, 15) is 0 Å². The fraction of sp³-hybridized carbons (Fsp3) is 0.625. The highest BCUT2D eigenvalue weighted by Gasteiger charge is 2.15. The molecule has 0 amide bonds. The molecule has 3 nitrogen and oxygen atoms in total. The third-order valence-corrected chi connectivity index (χ3v) is 3.66. The third kappa shape index (κ3) is 3.95. The van der Waals surface area contributed by atoms with Gasteiger partial charge < -0.3 is 15.2 Å². The van der Waals surface area contributed by atoms with Crippen molar-refractivity contribution in [2.45, 2.75) is 45.6 Å². The normalized spacial score (nSPS) is 18.8. The van der Waals surface area contributed by atoms with Crippen LogP contribution in [0.25, 0.3) is 0 Å². The molecule has 0 spiro atoms. The van der Waals surface area contributed by atoms with Crippen molar-refractivity contribution in [3.63, 3.8) is 0 Å². The number of nitrogens with two attached hydrogens (primary N) is 1. The molecule has 1 heterocycles. The summed E-state index contributed by atoms with van der Waals surface area (Å²) in [6.45, 7) is 6.56. The minimum atomic E-state index is 0.400. The fourth-order valence-corrected chi connectivity index (χ4v) is 2.74. The van der Waals surface area contributed by atoms with Gasteiger partial charge in [-0.05, 0) is 56.3 Å². The molecule has 0 aromatic heterocycles. The summed E-state index contributed by atoms with van der Waals surface area (Å²) in [5.41, 5.74) is 9.31. The molecule has 1 aliphatic heterocycles. The van der Waals surface area contributed by atoms with Crippen molar-refractivity contribution in [1.82, 2.24) is 0 Å². The first-order valence-electron chi connectivity index (χ1n) is 7.25. The Balaban J connectivity index is 1.91. The van der Waals surface area contributed by atoms with Gasteiger partial charge in [0.15, 0.2) is 0 Å². The maximum absolute atomic E-state index is 5.95. The van der Waals surface area contributed by atoms with Gasteiger partial charge in [-0.25, -0.2) is 0 Å². The Kier molecular flexibility index (Phi) is 5.23. The smallest absolute Gasteiger partial charge is 0.125 e. The number of hydrogen-bond donors (Lipinski definition) is 1. The number of aryl methyl sites for hydroxylation is 2. The van der Waals surface area contributed by atoms with E-state index in [1.165, 1.54) is 29.5 Å². The van der Waals surface area contributed by atoms with Gasteiger partial charge >= 0.3 is 0 Å². The summed E-state index contributed by atoms with van der Waals surface area (Å²) < 4.78 is 11.6. The quantitative estimate of drug-likeness (QED) is 0.858. The number of ether oxygens (including phenoxy) is 2. The minimum absolute atomic E-state index is 0.400. The predicted molar refractivity (Wildman–Crippen MR) is 77.8 cm³/mol. The van der Waals surface area contributed by atoms with Gasteiger partial charge in [0, 0.05) is 13.0 Å². The van der Waals surface area contributed by atoms with E-state index in [0.29, 0.717) is 12.6 Å². The summed E-state index contributed by atoms with van der Waals surface area (Å²) in [5, 5.41) is 0. The first kappa shape index (κ1) is 14.4. The maximum atomic E-state index is 5.95. The molecule has 1 unspecified atom stereocenters. The lowest BCUT2D eigenvalue weighted by Crippen LogP contribution is -2.12. The lowest BCUT2D eigenvalue weighted by atomic mass is 10.0. The zero-order chi connectivity index (χ0) is 13.7. The zero-order valence-electron chi connectivity index (χ0n) is 12.1. The monoisotopic (exact) mass is 263 g/mol. The Hall–Kier alpha value is -1.06. The first-order chi connectivity index (χ1) is 9.20. The zero-order valence-corrected chi connectivity index (χ0v) is 12.1. The number of benzene rings is 1. The standard InChI is InChI=1S/C16H25NO2/c1-12-10-14(5-7-17)11-13(2)16(12)19-9-6-15-4-3-8-18-15/h10-11,15H,3-9,17H2,1-2H3. The van der Waals surface area contributed by atoms with Crippen molar-refractivity contribution in [2.24, 2.45) is 5.73 Å². The molecule has 0 bridgehead atoms. The molecular formula is C16H25NO2. The molecule has 0 saturated carbocycles. The van der Waals surface area contributed by atoms with Gasteiger partial charge in [0.05, 0.1) is 12.7 Å². The van der Waals surface area contributed by atoms with Crippen LogP contribution in [0.5, 0.6) is 5.75 Å². The predicted octanol–water partition coefficient (Wildman–Crippen LogP) is 2.75. The van der Waals surface area contributed by atoms with Crippen LogP contribution in [0.15, 0.2) is 12.1 Å². The summed E-state index contributed by atoms with van der Waals surface area (Å²) >= 11 is 0. The van der Waals surface area contributed by atoms with Gasteiger partial charge in [0.2, 0.25) is 0 Å². The Morgan fingerprint density at radius 2 is 2.05 bits per heavy atom. The topological polar surface area (TPSA) is 44.5 Å². The van der Waals surface area contributed by atoms with Crippen LogP contribution in [0.4, 0.5) is 0 Å². The Labute approximate surface area is 116 Å². The van der Waals surface area contributed by atoms with Crippen LogP contribution in [0.2, 0.25) is 0 Å². The van der Waals surface area contributed by atoms with Crippen LogP contribution in [0, 0.1) is 13.8 Å². The second-order valence-corrected chi connectivity index (χ2v) is 5.37. The largest absolute Gasteiger partial charge is 0.493 e. The van der Waals surface area contributed by atoms with Gasteiger partial charge in [0.1, 0.15) is 5.75 Å². The second-order valence-electron chi connectivity index (χ2n) is 5.37. The minimum Gasteiger partial charge on any atom is -0.493 e. The van der Waals surface area contributed by atoms with Crippen molar-refractivity contribution in [1.29, 1.82) is 0 Å².